The molecule has 0 atom stereocenters. The summed E-state index contributed by atoms with van der Waals surface area (Å²) in [6.45, 7) is 6.18. The highest BCUT2D eigenvalue weighted by Crippen LogP contribution is 2.18. The number of hydrazone groups is 1. The van der Waals surface area contributed by atoms with Crippen molar-refractivity contribution in [1.29, 1.82) is 0 Å². The van der Waals surface area contributed by atoms with Crippen LogP contribution in [0.4, 0.5) is 0 Å². The maximum atomic E-state index is 4.45. The molecule has 0 aromatic heterocycles. The predicted octanol–water partition coefficient (Wildman–Crippen LogP) is 5.06. The van der Waals surface area contributed by atoms with Crippen LogP contribution in [-0.4, -0.2) is 36.3 Å². The Morgan fingerprint density at radius 3 is 2.61 bits per heavy atom. The molecule has 148 valence electrons. The van der Waals surface area contributed by atoms with E-state index in [-0.39, 0.29) is 0 Å². The van der Waals surface area contributed by atoms with Gasteiger partial charge in [0, 0.05) is 12.8 Å². The van der Waals surface area contributed by atoms with Crippen molar-refractivity contribution in [2.45, 2.75) is 45.7 Å². The lowest BCUT2D eigenvalue weighted by Crippen LogP contribution is -2.20. The Morgan fingerprint density at radius 1 is 1.00 bits per heavy atom. The molecule has 0 amide bonds. The van der Waals surface area contributed by atoms with E-state index < -0.39 is 0 Å². The van der Waals surface area contributed by atoms with Crippen molar-refractivity contribution in [2.24, 2.45) is 5.10 Å². The SMILES string of the molecule is CCCc1ccc(CN2CC=CC=N2)cc1CCCN(C)Cc1ccccc1. The first-order chi connectivity index (χ1) is 13.7. The molecule has 2 aromatic rings. The van der Waals surface area contributed by atoms with Crippen molar-refractivity contribution in [2.75, 3.05) is 20.1 Å². The average Bonchev–Trinajstić information content (AvgIpc) is 2.71. The number of hydrogen-bond donors (Lipinski definition) is 0. The van der Waals surface area contributed by atoms with Gasteiger partial charge >= 0.3 is 0 Å². The zero-order valence-electron chi connectivity index (χ0n) is 17.3. The quantitative estimate of drug-likeness (QED) is 0.578. The molecule has 28 heavy (non-hydrogen) atoms. The highest BCUT2D eigenvalue weighted by Gasteiger charge is 2.08. The molecule has 0 radical (unpaired) electrons. The van der Waals surface area contributed by atoms with Gasteiger partial charge in [0.15, 0.2) is 0 Å². The second-order valence-electron chi connectivity index (χ2n) is 7.72. The summed E-state index contributed by atoms with van der Waals surface area (Å²) < 4.78 is 0. The Bertz CT molecular complexity index is 780. The van der Waals surface area contributed by atoms with Crippen LogP contribution in [0.5, 0.6) is 0 Å². The molecule has 0 N–H and O–H groups in total. The van der Waals surface area contributed by atoms with Crippen molar-refractivity contribution in [3.63, 3.8) is 0 Å². The van der Waals surface area contributed by atoms with E-state index in [0.29, 0.717) is 0 Å². The highest BCUT2D eigenvalue weighted by atomic mass is 15.4. The fourth-order valence-electron chi connectivity index (χ4n) is 3.78. The van der Waals surface area contributed by atoms with Gasteiger partial charge in [0.25, 0.3) is 0 Å². The fourth-order valence-corrected chi connectivity index (χ4v) is 3.78. The number of hydrogen-bond acceptors (Lipinski definition) is 3. The summed E-state index contributed by atoms with van der Waals surface area (Å²) in [7, 11) is 2.22. The van der Waals surface area contributed by atoms with Crippen molar-refractivity contribution >= 4 is 6.21 Å². The molecule has 3 heteroatoms. The first kappa shape index (κ1) is 20.3. The van der Waals surface area contributed by atoms with Crippen LogP contribution in [0.3, 0.4) is 0 Å². The number of rotatable bonds is 10. The molecule has 0 bridgehead atoms. The molecular weight excluding hydrogens is 342 g/mol. The number of nitrogens with zero attached hydrogens (tertiary/aromatic N) is 3. The Hall–Kier alpha value is -2.39. The molecule has 0 unspecified atom stereocenters. The van der Waals surface area contributed by atoms with Crippen LogP contribution in [0.1, 0.15) is 42.0 Å². The summed E-state index contributed by atoms with van der Waals surface area (Å²) in [5.41, 5.74) is 5.78. The van der Waals surface area contributed by atoms with E-state index in [9.17, 15) is 0 Å². The van der Waals surface area contributed by atoms with Gasteiger partial charge in [0.05, 0.1) is 13.1 Å². The molecule has 1 heterocycles. The maximum Gasteiger partial charge on any atom is 0.0614 e. The van der Waals surface area contributed by atoms with Gasteiger partial charge < -0.3 is 4.90 Å². The van der Waals surface area contributed by atoms with Gasteiger partial charge in [-0.1, -0.05) is 68.0 Å². The van der Waals surface area contributed by atoms with Crippen LogP contribution in [0.25, 0.3) is 0 Å². The zero-order chi connectivity index (χ0) is 19.6. The molecule has 2 aromatic carbocycles. The summed E-state index contributed by atoms with van der Waals surface area (Å²) in [4.78, 5) is 2.42. The van der Waals surface area contributed by atoms with Gasteiger partial charge in [-0.05, 0) is 61.2 Å². The largest absolute Gasteiger partial charge is 0.302 e. The molecule has 0 saturated carbocycles. The Kier molecular flexibility index (Phi) is 7.86. The minimum Gasteiger partial charge on any atom is -0.302 e. The van der Waals surface area contributed by atoms with Crippen molar-refractivity contribution in [1.82, 2.24) is 9.91 Å². The molecular formula is C25H33N3. The van der Waals surface area contributed by atoms with E-state index >= 15 is 0 Å². The van der Waals surface area contributed by atoms with Gasteiger partial charge in [0.1, 0.15) is 0 Å². The molecule has 1 aliphatic rings. The Balaban J connectivity index is 1.56. The molecule has 0 spiro atoms. The van der Waals surface area contributed by atoms with Crippen LogP contribution < -0.4 is 0 Å². The summed E-state index contributed by atoms with van der Waals surface area (Å²) in [6, 6.07) is 17.8. The molecule has 3 nitrogen and oxygen atoms in total. The van der Waals surface area contributed by atoms with Crippen LogP contribution in [0.15, 0.2) is 65.8 Å². The molecule has 0 fully saturated rings. The molecule has 0 saturated heterocycles. The standard InChI is InChI=1S/C25H33N3/c1-3-10-24-15-14-23(21-28-18-8-7-16-26-28)19-25(24)13-9-17-27(2)20-22-11-5-4-6-12-22/h4-8,11-12,14-16,19H,3,9-10,13,17-18,20-21H2,1-2H3. The lowest BCUT2D eigenvalue weighted by atomic mass is 9.96. The Morgan fingerprint density at radius 2 is 1.86 bits per heavy atom. The maximum absolute atomic E-state index is 4.45. The van der Waals surface area contributed by atoms with E-state index in [1.165, 1.54) is 41.5 Å². The van der Waals surface area contributed by atoms with E-state index in [1.807, 2.05) is 12.3 Å². The lowest BCUT2D eigenvalue weighted by molar-refractivity contribution is 0.310. The number of aryl methyl sites for hydroxylation is 2. The second kappa shape index (κ2) is 10.8. The van der Waals surface area contributed by atoms with E-state index in [4.69, 9.17) is 0 Å². The smallest absolute Gasteiger partial charge is 0.0614 e. The van der Waals surface area contributed by atoms with Crippen LogP contribution in [0.2, 0.25) is 0 Å². The minimum atomic E-state index is 0.883. The average molecular weight is 376 g/mol. The van der Waals surface area contributed by atoms with E-state index in [2.05, 4.69) is 83.6 Å². The van der Waals surface area contributed by atoms with Crippen LogP contribution in [-0.2, 0) is 25.9 Å². The van der Waals surface area contributed by atoms with Gasteiger partial charge in [-0.25, -0.2) is 0 Å². The second-order valence-corrected chi connectivity index (χ2v) is 7.72. The summed E-state index contributed by atoms with van der Waals surface area (Å²) in [5.74, 6) is 0. The van der Waals surface area contributed by atoms with Gasteiger partial charge in [0.2, 0.25) is 0 Å². The predicted molar refractivity (Wildman–Crippen MR) is 120 cm³/mol. The third-order valence-corrected chi connectivity index (χ3v) is 5.20. The fraction of sp³-hybridized carbons (Fsp3) is 0.400. The molecule has 1 aliphatic heterocycles. The molecule has 3 rings (SSSR count). The number of allylic oxidation sites excluding steroid dienone is 1. The summed E-state index contributed by atoms with van der Waals surface area (Å²) in [6.07, 6.45) is 10.7. The monoisotopic (exact) mass is 375 g/mol. The van der Waals surface area contributed by atoms with Crippen LogP contribution >= 0.6 is 0 Å². The van der Waals surface area contributed by atoms with E-state index in [1.54, 1.807) is 0 Å². The Labute approximate surface area is 170 Å². The third-order valence-electron chi connectivity index (χ3n) is 5.20. The van der Waals surface area contributed by atoms with E-state index in [0.717, 1.165) is 32.6 Å². The van der Waals surface area contributed by atoms with Crippen LogP contribution in [0, 0.1) is 0 Å². The number of benzene rings is 2. The normalized spacial score (nSPS) is 13.5. The summed E-state index contributed by atoms with van der Waals surface area (Å²) >= 11 is 0. The van der Waals surface area contributed by atoms with Gasteiger partial charge in [-0.2, -0.15) is 5.10 Å². The first-order valence-electron chi connectivity index (χ1n) is 10.5. The van der Waals surface area contributed by atoms with Crippen molar-refractivity contribution < 1.29 is 0 Å². The third kappa shape index (κ3) is 6.35. The zero-order valence-corrected chi connectivity index (χ0v) is 17.3. The van der Waals surface area contributed by atoms with Crippen molar-refractivity contribution in [3.05, 3.63) is 82.9 Å². The first-order valence-corrected chi connectivity index (χ1v) is 10.5. The lowest BCUT2D eigenvalue weighted by Gasteiger charge is -2.21. The molecule has 0 aliphatic carbocycles. The van der Waals surface area contributed by atoms with Crippen molar-refractivity contribution in [3.8, 4) is 0 Å². The van der Waals surface area contributed by atoms with Gasteiger partial charge in [-0.15, -0.1) is 0 Å². The minimum absolute atomic E-state index is 0.883. The summed E-state index contributed by atoms with van der Waals surface area (Å²) in [5, 5.41) is 6.57. The topological polar surface area (TPSA) is 18.8 Å². The van der Waals surface area contributed by atoms with Gasteiger partial charge in [-0.3, -0.25) is 5.01 Å². The highest BCUT2D eigenvalue weighted by molar-refractivity contribution is 5.71.